The van der Waals surface area contributed by atoms with Crippen LogP contribution >= 0.6 is 0 Å². The molecular formula is C17H20O3. The first-order chi connectivity index (χ1) is 9.43. The number of hydrogen-bond donors (Lipinski definition) is 2. The Kier molecular flexibility index (Phi) is 3.89. The van der Waals surface area contributed by atoms with E-state index in [1.54, 1.807) is 7.11 Å². The first-order valence-electron chi connectivity index (χ1n) is 6.65. The van der Waals surface area contributed by atoms with Gasteiger partial charge in [0.15, 0.2) is 11.5 Å². The molecule has 2 aromatic carbocycles. The van der Waals surface area contributed by atoms with Crippen molar-refractivity contribution in [2.75, 3.05) is 7.11 Å². The summed E-state index contributed by atoms with van der Waals surface area (Å²) in [5.74, 6) is 0.760. The minimum Gasteiger partial charge on any atom is -0.504 e. The molecule has 20 heavy (non-hydrogen) atoms. The van der Waals surface area contributed by atoms with Crippen LogP contribution in [0.15, 0.2) is 30.3 Å². The van der Waals surface area contributed by atoms with Crippen molar-refractivity contribution in [1.29, 1.82) is 0 Å². The van der Waals surface area contributed by atoms with Gasteiger partial charge in [0, 0.05) is 11.1 Å². The molecule has 0 aliphatic rings. The largest absolute Gasteiger partial charge is 0.504 e. The monoisotopic (exact) mass is 272 g/mol. The van der Waals surface area contributed by atoms with Gasteiger partial charge in [-0.2, -0.15) is 0 Å². The number of hydrogen-bond acceptors (Lipinski definition) is 3. The van der Waals surface area contributed by atoms with E-state index in [4.69, 9.17) is 4.74 Å². The lowest BCUT2D eigenvalue weighted by molar-refractivity contribution is 0.399. The van der Waals surface area contributed by atoms with Gasteiger partial charge >= 0.3 is 0 Å². The zero-order valence-electron chi connectivity index (χ0n) is 12.3. The van der Waals surface area contributed by atoms with Crippen LogP contribution in [0, 0.1) is 6.92 Å². The third-order valence-electron chi connectivity index (χ3n) is 3.40. The second kappa shape index (κ2) is 5.45. The van der Waals surface area contributed by atoms with Crippen molar-refractivity contribution in [3.63, 3.8) is 0 Å². The molecule has 0 unspecified atom stereocenters. The van der Waals surface area contributed by atoms with Gasteiger partial charge in [0.2, 0.25) is 0 Å². The van der Waals surface area contributed by atoms with Crippen molar-refractivity contribution in [3.05, 3.63) is 41.5 Å². The van der Waals surface area contributed by atoms with E-state index in [1.807, 2.05) is 51.1 Å². The Morgan fingerprint density at radius 3 is 2.30 bits per heavy atom. The third-order valence-corrected chi connectivity index (χ3v) is 3.40. The quantitative estimate of drug-likeness (QED) is 0.823. The molecule has 2 rings (SSSR count). The summed E-state index contributed by atoms with van der Waals surface area (Å²) in [4.78, 5) is 0. The summed E-state index contributed by atoms with van der Waals surface area (Å²) >= 11 is 0. The van der Waals surface area contributed by atoms with Crippen molar-refractivity contribution < 1.29 is 14.9 Å². The molecule has 0 aliphatic heterocycles. The van der Waals surface area contributed by atoms with Crippen molar-refractivity contribution in [2.24, 2.45) is 0 Å². The van der Waals surface area contributed by atoms with Gasteiger partial charge in [-0.25, -0.2) is 0 Å². The predicted molar refractivity (Wildman–Crippen MR) is 80.6 cm³/mol. The maximum absolute atomic E-state index is 10.2. The van der Waals surface area contributed by atoms with E-state index in [0.29, 0.717) is 5.56 Å². The van der Waals surface area contributed by atoms with Crippen LogP contribution in [-0.2, 0) is 0 Å². The molecular weight excluding hydrogens is 252 g/mol. The van der Waals surface area contributed by atoms with Gasteiger partial charge in [0.05, 0.1) is 7.11 Å². The summed E-state index contributed by atoms with van der Waals surface area (Å²) in [5.41, 5.74) is 3.20. The number of rotatable bonds is 3. The summed E-state index contributed by atoms with van der Waals surface area (Å²) in [7, 11) is 1.61. The first-order valence-corrected chi connectivity index (χ1v) is 6.65. The molecule has 0 saturated heterocycles. The Hall–Kier alpha value is -2.16. The lowest BCUT2D eigenvalue weighted by Crippen LogP contribution is -1.91. The lowest BCUT2D eigenvalue weighted by Gasteiger charge is -2.14. The molecule has 0 radical (unpaired) electrons. The summed E-state index contributed by atoms with van der Waals surface area (Å²) in [6, 6.07) is 9.40. The highest BCUT2D eigenvalue weighted by Crippen LogP contribution is 2.42. The molecule has 2 N–H and O–H groups in total. The second-order valence-electron chi connectivity index (χ2n) is 5.29. The van der Waals surface area contributed by atoms with Crippen molar-refractivity contribution in [3.8, 4) is 28.4 Å². The SMILES string of the molecule is COc1cc(C)cc(-c2ccc(C(C)C)c(O)c2O)c1. The standard InChI is InChI=1S/C17H20O3/c1-10(2)14-5-6-15(17(19)16(14)18)12-7-11(3)8-13(9-12)20-4/h5-10,18-19H,1-4H3. The first kappa shape index (κ1) is 14.3. The minimum absolute atomic E-state index is 0.0435. The Balaban J connectivity index is 2.59. The Labute approximate surface area is 119 Å². The number of aromatic hydroxyl groups is 2. The van der Waals surface area contributed by atoms with Gasteiger partial charge < -0.3 is 14.9 Å². The third kappa shape index (κ3) is 2.57. The van der Waals surface area contributed by atoms with Crippen molar-refractivity contribution in [2.45, 2.75) is 26.7 Å². The highest BCUT2D eigenvalue weighted by molar-refractivity contribution is 5.76. The summed E-state index contributed by atoms with van der Waals surface area (Å²) < 4.78 is 5.25. The number of phenolic OH excluding ortho intramolecular Hbond substituents is 2. The van der Waals surface area contributed by atoms with Crippen LogP contribution in [0.1, 0.15) is 30.9 Å². The van der Waals surface area contributed by atoms with Crippen LogP contribution in [0.3, 0.4) is 0 Å². The Bertz CT molecular complexity index is 630. The van der Waals surface area contributed by atoms with Gasteiger partial charge in [-0.15, -0.1) is 0 Å². The molecule has 3 nitrogen and oxygen atoms in total. The van der Waals surface area contributed by atoms with Gasteiger partial charge in [-0.05, 0) is 36.1 Å². The van der Waals surface area contributed by atoms with Crippen molar-refractivity contribution >= 4 is 0 Å². The molecule has 106 valence electrons. The van der Waals surface area contributed by atoms with E-state index in [9.17, 15) is 10.2 Å². The fraction of sp³-hybridized carbons (Fsp3) is 0.294. The number of methoxy groups -OCH3 is 1. The fourth-order valence-corrected chi connectivity index (χ4v) is 2.32. The minimum atomic E-state index is -0.0798. The molecule has 2 aromatic rings. The summed E-state index contributed by atoms with van der Waals surface area (Å²) in [5, 5.41) is 20.4. The van der Waals surface area contributed by atoms with E-state index < -0.39 is 0 Å². The van der Waals surface area contributed by atoms with E-state index in [2.05, 4.69) is 0 Å². The molecule has 0 saturated carbocycles. The van der Waals surface area contributed by atoms with Gasteiger partial charge in [0.25, 0.3) is 0 Å². The van der Waals surface area contributed by atoms with E-state index in [-0.39, 0.29) is 17.4 Å². The lowest BCUT2D eigenvalue weighted by atomic mass is 9.95. The van der Waals surface area contributed by atoms with E-state index >= 15 is 0 Å². The Morgan fingerprint density at radius 1 is 1.00 bits per heavy atom. The maximum atomic E-state index is 10.2. The number of ether oxygens (including phenoxy) is 1. The molecule has 3 heteroatoms. The average molecular weight is 272 g/mol. The molecule has 0 bridgehead atoms. The molecule has 0 heterocycles. The van der Waals surface area contributed by atoms with Crippen molar-refractivity contribution in [1.82, 2.24) is 0 Å². The van der Waals surface area contributed by atoms with Gasteiger partial charge in [0.1, 0.15) is 5.75 Å². The topological polar surface area (TPSA) is 49.7 Å². The molecule has 0 fully saturated rings. The van der Waals surface area contributed by atoms with Crippen LogP contribution in [0.4, 0.5) is 0 Å². The average Bonchev–Trinajstić information content (AvgIpc) is 2.40. The number of phenols is 2. The van der Waals surface area contributed by atoms with E-state index in [1.165, 1.54) is 0 Å². The maximum Gasteiger partial charge on any atom is 0.165 e. The predicted octanol–water partition coefficient (Wildman–Crippen LogP) is 4.21. The number of aryl methyl sites for hydroxylation is 1. The molecule has 0 aliphatic carbocycles. The summed E-state index contributed by atoms with van der Waals surface area (Å²) in [6.07, 6.45) is 0. The molecule has 0 spiro atoms. The fourth-order valence-electron chi connectivity index (χ4n) is 2.32. The number of benzene rings is 2. The van der Waals surface area contributed by atoms with Crippen LogP contribution in [0.5, 0.6) is 17.2 Å². The second-order valence-corrected chi connectivity index (χ2v) is 5.29. The van der Waals surface area contributed by atoms with Crippen LogP contribution < -0.4 is 4.74 Å². The van der Waals surface area contributed by atoms with Crippen LogP contribution in [0.25, 0.3) is 11.1 Å². The normalized spacial score (nSPS) is 10.8. The highest BCUT2D eigenvalue weighted by atomic mass is 16.5. The highest BCUT2D eigenvalue weighted by Gasteiger charge is 2.15. The van der Waals surface area contributed by atoms with Gasteiger partial charge in [-0.1, -0.05) is 32.0 Å². The molecule has 0 aromatic heterocycles. The smallest absolute Gasteiger partial charge is 0.165 e. The zero-order chi connectivity index (χ0) is 14.9. The zero-order valence-corrected chi connectivity index (χ0v) is 12.3. The van der Waals surface area contributed by atoms with E-state index in [0.717, 1.165) is 22.4 Å². The Morgan fingerprint density at radius 2 is 1.70 bits per heavy atom. The van der Waals surface area contributed by atoms with Gasteiger partial charge in [-0.3, -0.25) is 0 Å². The van der Waals surface area contributed by atoms with Crippen LogP contribution in [-0.4, -0.2) is 17.3 Å². The molecule has 0 amide bonds. The van der Waals surface area contributed by atoms with Crippen LogP contribution in [0.2, 0.25) is 0 Å². The molecule has 0 atom stereocenters. The summed E-state index contributed by atoms with van der Waals surface area (Å²) in [6.45, 7) is 5.92.